The second kappa shape index (κ2) is 6.17. The van der Waals surface area contributed by atoms with Crippen LogP contribution < -0.4 is 10.2 Å². The minimum Gasteiger partial charge on any atom is -0.370 e. The van der Waals surface area contributed by atoms with Crippen molar-refractivity contribution in [2.45, 2.75) is 50.4 Å². The molecule has 1 aromatic carbocycles. The lowest BCUT2D eigenvalue weighted by atomic mass is 10.1. The average molecular weight is 308 g/mol. The van der Waals surface area contributed by atoms with E-state index in [0.29, 0.717) is 10.8 Å². The topological polar surface area (TPSA) is 15.3 Å². The molecule has 1 aliphatic carbocycles. The molecule has 2 nitrogen and oxygen atoms in total. The van der Waals surface area contributed by atoms with E-state index >= 15 is 0 Å². The fraction of sp³-hybridized carbons (Fsp3) is 0.647. The molecule has 4 heteroatoms. The molecule has 21 heavy (non-hydrogen) atoms. The van der Waals surface area contributed by atoms with Crippen LogP contribution in [0.4, 0.5) is 10.1 Å². The number of halogens is 1. The van der Waals surface area contributed by atoms with Gasteiger partial charge in [-0.05, 0) is 43.0 Å². The van der Waals surface area contributed by atoms with E-state index in [9.17, 15) is 4.39 Å². The van der Waals surface area contributed by atoms with Gasteiger partial charge in [-0.2, -0.15) is 11.8 Å². The highest BCUT2D eigenvalue weighted by atomic mass is 32.2. The summed E-state index contributed by atoms with van der Waals surface area (Å²) in [5, 5.41) is 3.51. The molecule has 1 saturated heterocycles. The maximum Gasteiger partial charge on any atom is 0.123 e. The van der Waals surface area contributed by atoms with Crippen molar-refractivity contribution < 1.29 is 4.39 Å². The Kier molecular flexibility index (Phi) is 4.46. The van der Waals surface area contributed by atoms with Crippen LogP contribution in [0.25, 0.3) is 0 Å². The maximum absolute atomic E-state index is 13.6. The molecule has 0 bridgehead atoms. The van der Waals surface area contributed by atoms with Crippen molar-refractivity contribution in [3.8, 4) is 0 Å². The summed E-state index contributed by atoms with van der Waals surface area (Å²) in [5.41, 5.74) is 2.31. The summed E-state index contributed by atoms with van der Waals surface area (Å²) in [4.78, 5) is 2.44. The van der Waals surface area contributed by atoms with E-state index in [1.54, 1.807) is 12.1 Å². The number of anilines is 1. The van der Waals surface area contributed by atoms with Gasteiger partial charge in [0.05, 0.1) is 0 Å². The third-order valence-corrected chi connectivity index (χ3v) is 5.75. The van der Waals surface area contributed by atoms with Gasteiger partial charge >= 0.3 is 0 Å². The number of rotatable bonds is 4. The van der Waals surface area contributed by atoms with E-state index < -0.39 is 0 Å². The molecule has 0 amide bonds. The van der Waals surface area contributed by atoms with Gasteiger partial charge in [0.25, 0.3) is 0 Å². The predicted octanol–water partition coefficient (Wildman–Crippen LogP) is 3.80. The molecule has 1 N–H and O–H groups in total. The summed E-state index contributed by atoms with van der Waals surface area (Å²) in [6.45, 7) is 7.53. The van der Waals surface area contributed by atoms with Crippen LogP contribution in [0.3, 0.4) is 0 Å². The normalized spacial score (nSPS) is 22.1. The van der Waals surface area contributed by atoms with Gasteiger partial charge in [0.2, 0.25) is 0 Å². The van der Waals surface area contributed by atoms with Crippen molar-refractivity contribution in [1.29, 1.82) is 0 Å². The van der Waals surface area contributed by atoms with Gasteiger partial charge in [0.1, 0.15) is 5.82 Å². The van der Waals surface area contributed by atoms with E-state index in [0.717, 1.165) is 31.0 Å². The van der Waals surface area contributed by atoms with Gasteiger partial charge in [0, 0.05) is 41.9 Å². The highest BCUT2D eigenvalue weighted by Crippen LogP contribution is 2.33. The fourth-order valence-corrected chi connectivity index (χ4v) is 3.91. The Morgan fingerprint density at radius 3 is 2.90 bits per heavy atom. The van der Waals surface area contributed by atoms with Crippen molar-refractivity contribution in [2.24, 2.45) is 0 Å². The molecule has 3 rings (SSSR count). The molecular weight excluding hydrogens is 283 g/mol. The first-order valence-electron chi connectivity index (χ1n) is 7.94. The lowest BCUT2D eigenvalue weighted by Gasteiger charge is -2.26. The number of nitrogens with zero attached hydrogens (tertiary/aromatic N) is 1. The summed E-state index contributed by atoms with van der Waals surface area (Å²) >= 11 is 2.05. The van der Waals surface area contributed by atoms with Gasteiger partial charge in [-0.25, -0.2) is 4.39 Å². The lowest BCUT2D eigenvalue weighted by molar-refractivity contribution is 0.614. The van der Waals surface area contributed by atoms with Crippen molar-refractivity contribution in [3.63, 3.8) is 0 Å². The molecule has 1 saturated carbocycles. The Labute approximate surface area is 131 Å². The first kappa shape index (κ1) is 15.2. The zero-order valence-corrected chi connectivity index (χ0v) is 13.8. The highest BCUT2D eigenvalue weighted by molar-refractivity contribution is 8.00. The van der Waals surface area contributed by atoms with E-state index in [1.807, 2.05) is 17.8 Å². The molecule has 0 spiro atoms. The number of thioether (sulfide) groups is 1. The first-order chi connectivity index (χ1) is 10.0. The molecule has 0 aromatic heterocycles. The average Bonchev–Trinajstić information content (AvgIpc) is 3.25. The number of benzene rings is 1. The van der Waals surface area contributed by atoms with Crippen LogP contribution in [-0.2, 0) is 6.54 Å². The highest BCUT2D eigenvalue weighted by Gasteiger charge is 2.25. The smallest absolute Gasteiger partial charge is 0.123 e. The van der Waals surface area contributed by atoms with Crippen molar-refractivity contribution >= 4 is 17.4 Å². The molecule has 2 fully saturated rings. The maximum atomic E-state index is 13.6. The minimum atomic E-state index is -0.129. The molecule has 2 aliphatic rings. The molecule has 0 atom stereocenters. The SMILES string of the molecule is CC1(C)CCN(c2ccc(F)cc2CNC2CC2)CCS1. The minimum absolute atomic E-state index is 0.129. The van der Waals surface area contributed by atoms with Crippen LogP contribution in [0.15, 0.2) is 18.2 Å². The van der Waals surface area contributed by atoms with Crippen LogP contribution in [-0.4, -0.2) is 29.6 Å². The lowest BCUT2D eigenvalue weighted by Crippen LogP contribution is -2.29. The molecule has 1 aliphatic heterocycles. The monoisotopic (exact) mass is 308 g/mol. The van der Waals surface area contributed by atoms with Gasteiger partial charge in [-0.15, -0.1) is 0 Å². The van der Waals surface area contributed by atoms with Gasteiger partial charge < -0.3 is 10.2 Å². The van der Waals surface area contributed by atoms with Crippen LogP contribution in [0.5, 0.6) is 0 Å². The van der Waals surface area contributed by atoms with Gasteiger partial charge in [-0.1, -0.05) is 13.8 Å². The van der Waals surface area contributed by atoms with E-state index in [2.05, 4.69) is 24.1 Å². The Morgan fingerprint density at radius 1 is 1.33 bits per heavy atom. The summed E-state index contributed by atoms with van der Waals surface area (Å²) in [5.74, 6) is 1.01. The second-order valence-corrected chi connectivity index (χ2v) is 8.58. The first-order valence-corrected chi connectivity index (χ1v) is 8.93. The Bertz CT molecular complexity index is 500. The summed E-state index contributed by atoms with van der Waals surface area (Å²) in [6.07, 6.45) is 3.70. The van der Waals surface area contributed by atoms with Gasteiger partial charge in [0.15, 0.2) is 0 Å². The fourth-order valence-electron chi connectivity index (χ4n) is 2.81. The largest absolute Gasteiger partial charge is 0.370 e. The van der Waals surface area contributed by atoms with Gasteiger partial charge in [-0.3, -0.25) is 0 Å². The summed E-state index contributed by atoms with van der Waals surface area (Å²) in [6, 6.07) is 5.91. The summed E-state index contributed by atoms with van der Waals surface area (Å²) < 4.78 is 14.0. The zero-order valence-electron chi connectivity index (χ0n) is 13.0. The third-order valence-electron chi connectivity index (χ3n) is 4.38. The van der Waals surface area contributed by atoms with Crippen molar-refractivity contribution in [2.75, 3.05) is 23.7 Å². The number of hydrogen-bond acceptors (Lipinski definition) is 3. The van der Waals surface area contributed by atoms with Crippen LogP contribution >= 0.6 is 11.8 Å². The Morgan fingerprint density at radius 2 is 2.14 bits per heavy atom. The predicted molar refractivity (Wildman–Crippen MR) is 89.6 cm³/mol. The second-order valence-electron chi connectivity index (χ2n) is 6.77. The van der Waals surface area contributed by atoms with E-state index in [-0.39, 0.29) is 5.82 Å². The zero-order chi connectivity index (χ0) is 14.9. The Hall–Kier alpha value is -0.740. The molecule has 116 valence electrons. The van der Waals surface area contributed by atoms with Crippen LogP contribution in [0, 0.1) is 5.82 Å². The quantitative estimate of drug-likeness (QED) is 0.911. The number of hydrogen-bond donors (Lipinski definition) is 1. The number of nitrogens with one attached hydrogen (secondary N) is 1. The molecular formula is C17H25FN2S. The van der Waals surface area contributed by atoms with Crippen molar-refractivity contribution in [1.82, 2.24) is 5.32 Å². The third kappa shape index (κ3) is 4.13. The van der Waals surface area contributed by atoms with E-state index in [4.69, 9.17) is 0 Å². The van der Waals surface area contributed by atoms with Crippen LogP contribution in [0.1, 0.15) is 38.7 Å². The van der Waals surface area contributed by atoms with Crippen LogP contribution in [0.2, 0.25) is 0 Å². The molecule has 1 heterocycles. The van der Waals surface area contributed by atoms with Crippen molar-refractivity contribution in [3.05, 3.63) is 29.6 Å². The Balaban J connectivity index is 1.76. The molecule has 1 aromatic rings. The summed E-state index contributed by atoms with van der Waals surface area (Å²) in [7, 11) is 0. The molecule has 0 radical (unpaired) electrons. The molecule has 0 unspecified atom stereocenters. The van der Waals surface area contributed by atoms with E-state index in [1.165, 1.54) is 24.9 Å². The standard InChI is InChI=1S/C17H25FN2S/c1-17(2)7-8-20(9-10-21-17)16-6-3-14(18)11-13(16)12-19-15-4-5-15/h3,6,11,15,19H,4-5,7-10,12H2,1-2H3.